The number of carbonyl (C=O) groups is 1. The number of nitrogens with two attached hydrogens (primary N) is 1. The van der Waals surface area contributed by atoms with Gasteiger partial charge in [0, 0.05) is 34.9 Å². The molecule has 0 aliphatic carbocycles. The van der Waals surface area contributed by atoms with Crippen molar-refractivity contribution in [2.24, 2.45) is 0 Å². The predicted octanol–water partition coefficient (Wildman–Crippen LogP) is 4.17. The lowest BCUT2D eigenvalue weighted by Crippen LogP contribution is -2.25. The average molecular weight is 404 g/mol. The molecular weight excluding hydrogens is 386 g/mol. The van der Waals surface area contributed by atoms with Crippen molar-refractivity contribution in [1.29, 1.82) is 0 Å². The third kappa shape index (κ3) is 3.75. The SMILES string of the molecule is Cc1cccc2cc(CNC(=O)c3nccnc3N)c(-c3ccccc3Cl)nc12. The standard InChI is InChI=1S/C22H18ClN5O/c1-13-5-4-6-14-11-15(12-27-22(29)20-21(24)26-10-9-25-20)19(28-18(13)14)16-7-2-3-8-17(16)23/h2-11H,12H2,1H3,(H2,24,26)(H,27,29). The van der Waals surface area contributed by atoms with Gasteiger partial charge >= 0.3 is 0 Å². The first-order valence-corrected chi connectivity index (χ1v) is 9.41. The molecule has 2 heterocycles. The van der Waals surface area contributed by atoms with Gasteiger partial charge in [-0.25, -0.2) is 15.0 Å². The van der Waals surface area contributed by atoms with Crippen LogP contribution < -0.4 is 11.1 Å². The van der Waals surface area contributed by atoms with Gasteiger partial charge in [0.1, 0.15) is 0 Å². The van der Waals surface area contributed by atoms with Crippen molar-refractivity contribution in [3.05, 3.63) is 82.8 Å². The second kappa shape index (κ2) is 7.85. The number of anilines is 1. The Hall–Kier alpha value is -3.51. The number of aryl methyl sites for hydroxylation is 1. The quantitative estimate of drug-likeness (QED) is 0.533. The molecule has 2 aromatic carbocycles. The van der Waals surface area contributed by atoms with Gasteiger partial charge in [-0.2, -0.15) is 0 Å². The Kier molecular flexibility index (Phi) is 5.10. The zero-order chi connectivity index (χ0) is 20.4. The molecule has 0 spiro atoms. The fourth-order valence-electron chi connectivity index (χ4n) is 3.19. The van der Waals surface area contributed by atoms with Crippen LogP contribution in [0.4, 0.5) is 5.82 Å². The van der Waals surface area contributed by atoms with Crippen LogP contribution in [0.5, 0.6) is 0 Å². The van der Waals surface area contributed by atoms with E-state index in [-0.39, 0.29) is 18.1 Å². The van der Waals surface area contributed by atoms with E-state index in [1.54, 1.807) is 0 Å². The average Bonchev–Trinajstić information content (AvgIpc) is 2.72. The van der Waals surface area contributed by atoms with E-state index in [1.807, 2.05) is 55.5 Å². The number of aromatic nitrogens is 3. The van der Waals surface area contributed by atoms with Crippen molar-refractivity contribution in [3.8, 4) is 11.3 Å². The lowest BCUT2D eigenvalue weighted by Gasteiger charge is -2.14. The summed E-state index contributed by atoms with van der Waals surface area (Å²) in [4.78, 5) is 25.3. The number of hydrogen-bond acceptors (Lipinski definition) is 5. The van der Waals surface area contributed by atoms with Gasteiger partial charge in [0.05, 0.1) is 11.2 Å². The van der Waals surface area contributed by atoms with Crippen LogP contribution in [0.25, 0.3) is 22.2 Å². The van der Waals surface area contributed by atoms with E-state index in [9.17, 15) is 4.79 Å². The van der Waals surface area contributed by atoms with Crippen molar-refractivity contribution in [3.63, 3.8) is 0 Å². The molecule has 0 radical (unpaired) electrons. The monoisotopic (exact) mass is 403 g/mol. The fraction of sp³-hybridized carbons (Fsp3) is 0.0909. The first-order chi connectivity index (χ1) is 14.0. The van der Waals surface area contributed by atoms with Gasteiger partial charge in [0.15, 0.2) is 11.5 Å². The molecule has 144 valence electrons. The van der Waals surface area contributed by atoms with Crippen LogP contribution in [0.1, 0.15) is 21.6 Å². The number of benzene rings is 2. The summed E-state index contributed by atoms with van der Waals surface area (Å²) in [5, 5.41) is 4.45. The zero-order valence-corrected chi connectivity index (χ0v) is 16.4. The molecular formula is C22H18ClN5O. The fourth-order valence-corrected chi connectivity index (χ4v) is 3.42. The Labute approximate surface area is 172 Å². The summed E-state index contributed by atoms with van der Waals surface area (Å²) in [6.07, 6.45) is 2.87. The van der Waals surface area contributed by atoms with Crippen LogP contribution in [-0.2, 0) is 6.54 Å². The summed E-state index contributed by atoms with van der Waals surface area (Å²) in [6, 6.07) is 15.5. The van der Waals surface area contributed by atoms with Crippen molar-refractivity contribution in [1.82, 2.24) is 20.3 Å². The number of nitrogens with one attached hydrogen (secondary N) is 1. The smallest absolute Gasteiger partial charge is 0.273 e. The molecule has 1 amide bonds. The zero-order valence-electron chi connectivity index (χ0n) is 15.7. The maximum atomic E-state index is 12.5. The normalized spacial score (nSPS) is 10.8. The number of rotatable bonds is 4. The third-order valence-corrected chi connectivity index (χ3v) is 4.97. The largest absolute Gasteiger partial charge is 0.382 e. The number of nitrogens with zero attached hydrogens (tertiary/aromatic N) is 3. The van der Waals surface area contributed by atoms with Gasteiger partial charge in [0.25, 0.3) is 5.91 Å². The molecule has 0 saturated carbocycles. The summed E-state index contributed by atoms with van der Waals surface area (Å²) >= 11 is 6.44. The number of hydrogen-bond donors (Lipinski definition) is 2. The summed E-state index contributed by atoms with van der Waals surface area (Å²) in [6.45, 7) is 2.26. The minimum atomic E-state index is -0.398. The van der Waals surface area contributed by atoms with E-state index in [4.69, 9.17) is 22.3 Å². The highest BCUT2D eigenvalue weighted by atomic mass is 35.5. The van der Waals surface area contributed by atoms with E-state index in [1.165, 1.54) is 12.4 Å². The van der Waals surface area contributed by atoms with Gasteiger partial charge in [-0.3, -0.25) is 4.79 Å². The highest BCUT2D eigenvalue weighted by Crippen LogP contribution is 2.31. The van der Waals surface area contributed by atoms with E-state index in [0.29, 0.717) is 5.02 Å². The second-order valence-electron chi connectivity index (χ2n) is 6.60. The molecule has 3 N–H and O–H groups in total. The summed E-state index contributed by atoms with van der Waals surface area (Å²) < 4.78 is 0. The van der Waals surface area contributed by atoms with Gasteiger partial charge < -0.3 is 11.1 Å². The van der Waals surface area contributed by atoms with Crippen LogP contribution in [0.2, 0.25) is 5.02 Å². The molecule has 0 aliphatic heterocycles. The van der Waals surface area contributed by atoms with Gasteiger partial charge in [0.2, 0.25) is 0 Å². The van der Waals surface area contributed by atoms with Crippen LogP contribution >= 0.6 is 11.6 Å². The molecule has 0 saturated heterocycles. The Bertz CT molecular complexity index is 1220. The number of halogens is 1. The predicted molar refractivity (Wildman–Crippen MR) is 115 cm³/mol. The Morgan fingerprint density at radius 1 is 1.10 bits per heavy atom. The highest BCUT2D eigenvalue weighted by molar-refractivity contribution is 6.33. The Morgan fingerprint density at radius 3 is 2.69 bits per heavy atom. The second-order valence-corrected chi connectivity index (χ2v) is 7.00. The molecule has 7 heteroatoms. The summed E-state index contributed by atoms with van der Waals surface area (Å²) in [5.74, 6) is -0.311. The van der Waals surface area contributed by atoms with E-state index in [2.05, 4.69) is 15.3 Å². The highest BCUT2D eigenvalue weighted by Gasteiger charge is 2.16. The number of nitrogen functional groups attached to an aromatic ring is 1. The molecule has 4 rings (SSSR count). The van der Waals surface area contributed by atoms with Gasteiger partial charge in [-0.15, -0.1) is 0 Å². The van der Waals surface area contributed by atoms with Crippen LogP contribution in [0, 0.1) is 6.92 Å². The van der Waals surface area contributed by atoms with E-state index >= 15 is 0 Å². The lowest BCUT2D eigenvalue weighted by atomic mass is 10.0. The van der Waals surface area contributed by atoms with Crippen LogP contribution in [0.3, 0.4) is 0 Å². The number of amides is 1. The minimum absolute atomic E-state index is 0.0867. The molecule has 0 unspecified atom stereocenters. The molecule has 4 aromatic rings. The number of fused-ring (bicyclic) bond motifs is 1. The first kappa shape index (κ1) is 18.8. The topological polar surface area (TPSA) is 93.8 Å². The van der Waals surface area contributed by atoms with Crippen molar-refractivity contribution in [2.75, 3.05) is 5.73 Å². The maximum Gasteiger partial charge on any atom is 0.273 e. The number of carbonyl (C=O) groups excluding carboxylic acids is 1. The molecule has 0 bridgehead atoms. The molecule has 0 atom stereocenters. The first-order valence-electron chi connectivity index (χ1n) is 9.03. The van der Waals surface area contributed by atoms with Gasteiger partial charge in [-0.05, 0) is 30.2 Å². The molecule has 6 nitrogen and oxygen atoms in total. The lowest BCUT2D eigenvalue weighted by molar-refractivity contribution is 0.0946. The molecule has 0 aliphatic rings. The van der Waals surface area contributed by atoms with E-state index in [0.717, 1.165) is 33.3 Å². The minimum Gasteiger partial charge on any atom is -0.382 e. The van der Waals surface area contributed by atoms with Crippen molar-refractivity contribution >= 4 is 34.2 Å². The van der Waals surface area contributed by atoms with Crippen molar-refractivity contribution < 1.29 is 4.79 Å². The number of para-hydroxylation sites is 1. The van der Waals surface area contributed by atoms with Crippen LogP contribution in [-0.4, -0.2) is 20.9 Å². The molecule has 2 aromatic heterocycles. The summed E-state index contributed by atoms with van der Waals surface area (Å²) in [7, 11) is 0. The molecule has 0 fully saturated rings. The van der Waals surface area contributed by atoms with E-state index < -0.39 is 5.91 Å². The third-order valence-electron chi connectivity index (χ3n) is 4.64. The van der Waals surface area contributed by atoms with Crippen LogP contribution in [0.15, 0.2) is 60.9 Å². The summed E-state index contributed by atoms with van der Waals surface area (Å²) in [5.41, 5.74) is 10.2. The van der Waals surface area contributed by atoms with Gasteiger partial charge in [-0.1, -0.05) is 48.0 Å². The molecule has 29 heavy (non-hydrogen) atoms. The maximum absolute atomic E-state index is 12.5. The number of pyridine rings is 1. The Morgan fingerprint density at radius 2 is 1.90 bits per heavy atom. The van der Waals surface area contributed by atoms with Crippen molar-refractivity contribution in [2.45, 2.75) is 13.5 Å². The Balaban J connectivity index is 1.76.